The molecular weight excluding hydrogens is 361 g/mol. The molecule has 1 aliphatic rings. The molecule has 0 spiro atoms. The van der Waals surface area contributed by atoms with Gasteiger partial charge in [0.2, 0.25) is 5.91 Å². The lowest BCUT2D eigenvalue weighted by atomic mass is 9.90. The zero-order valence-electron chi connectivity index (χ0n) is 15.1. The highest BCUT2D eigenvalue weighted by molar-refractivity contribution is 5.86. The van der Waals surface area contributed by atoms with E-state index in [1.165, 1.54) is 5.56 Å². The van der Waals surface area contributed by atoms with Crippen LogP contribution >= 0.6 is 24.8 Å². The number of nitrogens with zero attached hydrogens (tertiary/aromatic N) is 1. The van der Waals surface area contributed by atoms with Gasteiger partial charge in [-0.1, -0.05) is 38.1 Å². The number of halogens is 2. The first-order valence-electron chi connectivity index (χ1n) is 8.52. The Bertz CT molecular complexity index is 502. The van der Waals surface area contributed by atoms with Gasteiger partial charge >= 0.3 is 0 Å². The topological polar surface area (TPSA) is 67.6 Å². The number of amides is 1. The van der Waals surface area contributed by atoms with Gasteiger partial charge in [-0.25, -0.2) is 0 Å². The van der Waals surface area contributed by atoms with Gasteiger partial charge in [-0.3, -0.25) is 9.69 Å². The fourth-order valence-electron chi connectivity index (χ4n) is 2.79. The molecule has 144 valence electrons. The minimum atomic E-state index is -0.777. The summed E-state index contributed by atoms with van der Waals surface area (Å²) in [6, 6.07) is 8.41. The SMILES string of the molecule is CCN(CC)Cc1ccc(CNC(=O)C2(N)CCOCC2)cc1.Cl.Cl. The van der Waals surface area contributed by atoms with Crippen molar-refractivity contribution in [2.24, 2.45) is 5.73 Å². The van der Waals surface area contributed by atoms with Crippen LogP contribution in [-0.4, -0.2) is 42.6 Å². The van der Waals surface area contributed by atoms with E-state index in [4.69, 9.17) is 10.5 Å². The lowest BCUT2D eigenvalue weighted by Crippen LogP contribution is -2.56. The molecule has 7 heteroatoms. The summed E-state index contributed by atoms with van der Waals surface area (Å²) in [6.45, 7) is 9.05. The van der Waals surface area contributed by atoms with E-state index in [1.807, 2.05) is 0 Å². The number of benzene rings is 1. The molecule has 0 aromatic heterocycles. The molecule has 0 unspecified atom stereocenters. The summed E-state index contributed by atoms with van der Waals surface area (Å²) in [4.78, 5) is 14.7. The van der Waals surface area contributed by atoms with Gasteiger partial charge in [-0.15, -0.1) is 24.8 Å². The largest absolute Gasteiger partial charge is 0.381 e. The van der Waals surface area contributed by atoms with E-state index in [9.17, 15) is 4.79 Å². The molecule has 0 bridgehead atoms. The molecule has 1 aliphatic heterocycles. The van der Waals surface area contributed by atoms with Gasteiger partial charge in [-0.05, 0) is 37.1 Å². The summed E-state index contributed by atoms with van der Waals surface area (Å²) in [5.74, 6) is -0.0759. The smallest absolute Gasteiger partial charge is 0.240 e. The summed E-state index contributed by atoms with van der Waals surface area (Å²) >= 11 is 0. The van der Waals surface area contributed by atoms with Gasteiger partial charge in [0.15, 0.2) is 0 Å². The van der Waals surface area contributed by atoms with Crippen LogP contribution < -0.4 is 11.1 Å². The molecule has 0 atom stereocenters. The van der Waals surface area contributed by atoms with Gasteiger partial charge in [0.05, 0.1) is 5.54 Å². The van der Waals surface area contributed by atoms with Crippen LogP contribution in [-0.2, 0) is 22.6 Å². The maximum Gasteiger partial charge on any atom is 0.240 e. The van der Waals surface area contributed by atoms with Crippen molar-refractivity contribution in [3.05, 3.63) is 35.4 Å². The van der Waals surface area contributed by atoms with Gasteiger partial charge < -0.3 is 15.8 Å². The minimum absolute atomic E-state index is 0. The molecule has 1 saturated heterocycles. The standard InChI is InChI=1S/C18H29N3O2.2ClH/c1-3-21(4-2)14-16-7-5-15(6-8-16)13-20-17(22)18(19)9-11-23-12-10-18;;/h5-8H,3-4,9-14,19H2,1-2H3,(H,20,22);2*1H. The zero-order valence-corrected chi connectivity index (χ0v) is 16.8. The Balaban J connectivity index is 0.00000288. The fourth-order valence-corrected chi connectivity index (χ4v) is 2.79. The van der Waals surface area contributed by atoms with E-state index in [1.54, 1.807) is 0 Å². The van der Waals surface area contributed by atoms with Crippen LogP contribution in [0.2, 0.25) is 0 Å². The second-order valence-electron chi connectivity index (χ2n) is 6.23. The monoisotopic (exact) mass is 391 g/mol. The van der Waals surface area contributed by atoms with E-state index in [-0.39, 0.29) is 30.7 Å². The summed E-state index contributed by atoms with van der Waals surface area (Å²) in [5.41, 5.74) is 7.79. The Morgan fingerprint density at radius 2 is 1.64 bits per heavy atom. The molecule has 1 fully saturated rings. The average molecular weight is 392 g/mol. The van der Waals surface area contributed by atoms with Gasteiger partial charge in [0.25, 0.3) is 0 Å². The van der Waals surface area contributed by atoms with Crippen molar-refractivity contribution in [2.75, 3.05) is 26.3 Å². The van der Waals surface area contributed by atoms with Crippen LogP contribution in [0.25, 0.3) is 0 Å². The number of carbonyl (C=O) groups is 1. The maximum absolute atomic E-state index is 12.3. The molecule has 1 heterocycles. The summed E-state index contributed by atoms with van der Waals surface area (Å²) in [7, 11) is 0. The third kappa shape index (κ3) is 7.12. The third-order valence-electron chi connectivity index (χ3n) is 4.61. The number of hydrogen-bond donors (Lipinski definition) is 2. The minimum Gasteiger partial charge on any atom is -0.381 e. The van der Waals surface area contributed by atoms with Crippen molar-refractivity contribution in [2.45, 2.75) is 45.3 Å². The molecule has 0 saturated carbocycles. The van der Waals surface area contributed by atoms with Gasteiger partial charge in [0.1, 0.15) is 0 Å². The molecule has 2 rings (SSSR count). The maximum atomic E-state index is 12.3. The van der Waals surface area contributed by atoms with Crippen molar-refractivity contribution < 1.29 is 9.53 Å². The van der Waals surface area contributed by atoms with E-state index >= 15 is 0 Å². The molecule has 25 heavy (non-hydrogen) atoms. The third-order valence-corrected chi connectivity index (χ3v) is 4.61. The first-order chi connectivity index (χ1) is 11.1. The number of rotatable bonds is 7. The van der Waals surface area contributed by atoms with Crippen LogP contribution in [0.3, 0.4) is 0 Å². The highest BCUT2D eigenvalue weighted by Crippen LogP contribution is 2.18. The van der Waals surface area contributed by atoms with E-state index in [0.29, 0.717) is 32.6 Å². The molecule has 1 aromatic carbocycles. The van der Waals surface area contributed by atoms with Crippen molar-refractivity contribution >= 4 is 30.7 Å². The number of ether oxygens (including phenoxy) is 1. The van der Waals surface area contributed by atoms with Crippen molar-refractivity contribution in [1.29, 1.82) is 0 Å². The Morgan fingerprint density at radius 3 is 2.16 bits per heavy atom. The Hall–Kier alpha value is -0.850. The highest BCUT2D eigenvalue weighted by Gasteiger charge is 2.35. The highest BCUT2D eigenvalue weighted by atomic mass is 35.5. The summed E-state index contributed by atoms with van der Waals surface area (Å²) in [6.07, 6.45) is 1.17. The average Bonchev–Trinajstić information content (AvgIpc) is 2.59. The first-order valence-corrected chi connectivity index (χ1v) is 8.52. The van der Waals surface area contributed by atoms with Crippen LogP contribution in [0.1, 0.15) is 37.8 Å². The normalized spacial score (nSPS) is 15.8. The number of nitrogens with one attached hydrogen (secondary N) is 1. The molecular formula is C18H31Cl2N3O2. The van der Waals surface area contributed by atoms with E-state index in [2.05, 4.69) is 48.3 Å². The summed E-state index contributed by atoms with van der Waals surface area (Å²) in [5, 5.41) is 2.96. The Kier molecular flexibility index (Phi) is 11.3. The molecule has 3 N–H and O–H groups in total. The lowest BCUT2D eigenvalue weighted by molar-refractivity contribution is -0.129. The Labute approximate surface area is 163 Å². The predicted octanol–water partition coefficient (Wildman–Crippen LogP) is 2.50. The van der Waals surface area contributed by atoms with Gasteiger partial charge in [-0.2, -0.15) is 0 Å². The quantitative estimate of drug-likeness (QED) is 0.748. The number of hydrogen-bond acceptors (Lipinski definition) is 4. The number of nitrogens with two attached hydrogens (primary N) is 1. The van der Waals surface area contributed by atoms with Crippen LogP contribution in [0.5, 0.6) is 0 Å². The molecule has 1 aromatic rings. The van der Waals surface area contributed by atoms with Crippen molar-refractivity contribution in [3.63, 3.8) is 0 Å². The van der Waals surface area contributed by atoms with E-state index in [0.717, 1.165) is 25.2 Å². The van der Waals surface area contributed by atoms with Crippen molar-refractivity contribution in [1.82, 2.24) is 10.2 Å². The molecule has 0 radical (unpaired) electrons. The second kappa shape index (κ2) is 11.7. The number of carbonyl (C=O) groups excluding carboxylic acids is 1. The zero-order chi connectivity index (χ0) is 16.7. The van der Waals surface area contributed by atoms with Crippen LogP contribution in [0.4, 0.5) is 0 Å². The fraction of sp³-hybridized carbons (Fsp3) is 0.611. The molecule has 5 nitrogen and oxygen atoms in total. The first kappa shape index (κ1) is 24.1. The summed E-state index contributed by atoms with van der Waals surface area (Å²) < 4.78 is 5.28. The second-order valence-corrected chi connectivity index (χ2v) is 6.23. The van der Waals surface area contributed by atoms with Gasteiger partial charge in [0, 0.05) is 26.3 Å². The van der Waals surface area contributed by atoms with Crippen LogP contribution in [0, 0.1) is 0 Å². The van der Waals surface area contributed by atoms with Crippen LogP contribution in [0.15, 0.2) is 24.3 Å². The molecule has 0 aliphatic carbocycles. The predicted molar refractivity (Wildman–Crippen MR) is 106 cm³/mol. The van der Waals surface area contributed by atoms with Crippen molar-refractivity contribution in [3.8, 4) is 0 Å². The Morgan fingerprint density at radius 1 is 1.12 bits per heavy atom. The molecule has 1 amide bonds. The van der Waals surface area contributed by atoms with E-state index < -0.39 is 5.54 Å². The lowest BCUT2D eigenvalue weighted by Gasteiger charge is -2.31.